The van der Waals surface area contributed by atoms with Crippen molar-refractivity contribution < 1.29 is 29.0 Å². The SMILES string of the molecule is C=CCCOC(=O)[C@@H]1[C@H]2C(=O)N(CCO)C(C(=O)N(CC=C)Cc3ccccc3)C23CC(C)[C@@]1(C)O3. The van der Waals surface area contributed by atoms with E-state index in [4.69, 9.17) is 9.47 Å². The van der Waals surface area contributed by atoms with Crippen LogP contribution in [0.25, 0.3) is 0 Å². The highest BCUT2D eigenvalue weighted by Crippen LogP contribution is 2.65. The summed E-state index contributed by atoms with van der Waals surface area (Å²) >= 11 is 0. The van der Waals surface area contributed by atoms with E-state index in [-0.39, 0.29) is 44.0 Å². The third kappa shape index (κ3) is 4.06. The Balaban J connectivity index is 1.73. The van der Waals surface area contributed by atoms with E-state index in [1.807, 2.05) is 44.2 Å². The zero-order chi connectivity index (χ0) is 26.1. The summed E-state index contributed by atoms with van der Waals surface area (Å²) in [4.78, 5) is 44.4. The molecule has 8 heteroatoms. The zero-order valence-corrected chi connectivity index (χ0v) is 21.1. The number of hydrogen-bond acceptors (Lipinski definition) is 6. The molecule has 3 aliphatic heterocycles. The molecule has 3 saturated heterocycles. The Bertz CT molecular complexity index is 1030. The van der Waals surface area contributed by atoms with E-state index in [9.17, 15) is 19.5 Å². The van der Waals surface area contributed by atoms with Crippen molar-refractivity contribution >= 4 is 17.8 Å². The van der Waals surface area contributed by atoms with E-state index in [1.54, 1.807) is 17.1 Å². The van der Waals surface area contributed by atoms with Gasteiger partial charge in [-0.15, -0.1) is 13.2 Å². The fourth-order valence-electron chi connectivity index (χ4n) is 6.42. The number of benzene rings is 1. The second kappa shape index (κ2) is 10.2. The standard InChI is InChI=1S/C28H36N2O6/c1-5-7-16-35-26(34)22-21-24(32)30(14-15-31)23(28(21)17-19(3)27(22,4)36-28)25(33)29(13-6-2)18-20-11-9-8-10-12-20/h5-6,8-12,19,21-23,31H,1-2,7,13-18H2,3-4H3/t19?,21-,22-,23?,27+,28?/m0/s1. The normalized spacial score (nSPS) is 32.3. The minimum atomic E-state index is -1.17. The van der Waals surface area contributed by atoms with E-state index < -0.39 is 35.0 Å². The van der Waals surface area contributed by atoms with Gasteiger partial charge in [0.2, 0.25) is 11.8 Å². The second-order valence-electron chi connectivity index (χ2n) is 10.2. The largest absolute Gasteiger partial charge is 0.465 e. The van der Waals surface area contributed by atoms with E-state index in [2.05, 4.69) is 13.2 Å². The maximum Gasteiger partial charge on any atom is 0.312 e. The fourth-order valence-corrected chi connectivity index (χ4v) is 6.42. The summed E-state index contributed by atoms with van der Waals surface area (Å²) in [6.45, 7) is 11.8. The molecule has 2 bridgehead atoms. The van der Waals surface area contributed by atoms with E-state index in [0.29, 0.717) is 19.4 Å². The number of ether oxygens (including phenoxy) is 2. The molecule has 1 N–H and O–H groups in total. The smallest absolute Gasteiger partial charge is 0.312 e. The molecule has 0 radical (unpaired) electrons. The van der Waals surface area contributed by atoms with Gasteiger partial charge in [-0.3, -0.25) is 14.4 Å². The van der Waals surface area contributed by atoms with Crippen LogP contribution in [0.2, 0.25) is 0 Å². The molecule has 2 amide bonds. The maximum atomic E-state index is 14.2. The average Bonchev–Trinajstić information content (AvgIpc) is 3.36. The van der Waals surface area contributed by atoms with Gasteiger partial charge in [-0.25, -0.2) is 0 Å². The van der Waals surface area contributed by atoms with E-state index in [1.165, 1.54) is 4.90 Å². The molecule has 8 nitrogen and oxygen atoms in total. The van der Waals surface area contributed by atoms with Crippen LogP contribution in [0, 0.1) is 17.8 Å². The molecule has 194 valence electrons. The zero-order valence-electron chi connectivity index (χ0n) is 21.1. The molecule has 36 heavy (non-hydrogen) atoms. The van der Waals surface area contributed by atoms with Gasteiger partial charge in [0, 0.05) is 19.6 Å². The Kier molecular flexibility index (Phi) is 7.38. The van der Waals surface area contributed by atoms with Crippen molar-refractivity contribution in [3.63, 3.8) is 0 Å². The third-order valence-electron chi connectivity index (χ3n) is 8.09. The Morgan fingerprint density at radius 2 is 2.00 bits per heavy atom. The first-order valence-corrected chi connectivity index (χ1v) is 12.6. The summed E-state index contributed by atoms with van der Waals surface area (Å²) in [5, 5.41) is 9.80. The molecular weight excluding hydrogens is 460 g/mol. The molecule has 1 aromatic rings. The van der Waals surface area contributed by atoms with Crippen LogP contribution in [0.1, 0.15) is 32.3 Å². The third-order valence-corrected chi connectivity index (χ3v) is 8.09. The quantitative estimate of drug-likeness (QED) is 0.287. The predicted molar refractivity (Wildman–Crippen MR) is 133 cm³/mol. The lowest BCUT2D eigenvalue weighted by Crippen LogP contribution is -2.56. The molecule has 3 heterocycles. The van der Waals surface area contributed by atoms with Crippen LogP contribution in [0.15, 0.2) is 55.6 Å². The predicted octanol–water partition coefficient (Wildman–Crippen LogP) is 2.32. The molecule has 3 fully saturated rings. The number of amides is 2. The Morgan fingerprint density at radius 1 is 1.28 bits per heavy atom. The van der Waals surface area contributed by atoms with Gasteiger partial charge in [0.05, 0.1) is 24.7 Å². The van der Waals surface area contributed by atoms with Gasteiger partial charge in [-0.2, -0.15) is 0 Å². The molecule has 1 spiro atoms. The summed E-state index contributed by atoms with van der Waals surface area (Å²) < 4.78 is 12.2. The van der Waals surface area contributed by atoms with Crippen molar-refractivity contribution in [2.45, 2.75) is 50.5 Å². The lowest BCUT2D eigenvalue weighted by Gasteiger charge is -2.37. The number of rotatable bonds is 11. The van der Waals surface area contributed by atoms with Gasteiger partial charge in [0.25, 0.3) is 0 Å². The van der Waals surface area contributed by atoms with Crippen molar-refractivity contribution in [1.29, 1.82) is 0 Å². The van der Waals surface area contributed by atoms with Crippen molar-refractivity contribution in [1.82, 2.24) is 9.80 Å². The summed E-state index contributed by atoms with van der Waals surface area (Å²) in [5.41, 5.74) is -1.16. The van der Waals surface area contributed by atoms with E-state index >= 15 is 0 Å². The molecule has 3 unspecified atom stereocenters. The number of aliphatic hydroxyl groups excluding tert-OH is 1. The Hall–Kier alpha value is -2.97. The van der Waals surface area contributed by atoms with Crippen molar-refractivity contribution in [3.8, 4) is 0 Å². The Labute approximate surface area is 212 Å². The first kappa shape index (κ1) is 26.1. The summed E-state index contributed by atoms with van der Waals surface area (Å²) in [6.07, 6.45) is 4.28. The van der Waals surface area contributed by atoms with Crippen LogP contribution in [0.5, 0.6) is 0 Å². The highest BCUT2D eigenvalue weighted by molar-refractivity contribution is 5.98. The second-order valence-corrected chi connectivity index (χ2v) is 10.2. The molecule has 0 aliphatic carbocycles. The number of aliphatic hydroxyl groups is 1. The number of carbonyl (C=O) groups excluding carboxylic acids is 3. The summed E-state index contributed by atoms with van der Waals surface area (Å²) in [7, 11) is 0. The van der Waals surface area contributed by atoms with Crippen molar-refractivity contribution in [3.05, 3.63) is 61.2 Å². The number of carbonyl (C=O) groups is 3. The minimum absolute atomic E-state index is 0.0204. The Morgan fingerprint density at radius 3 is 2.64 bits per heavy atom. The van der Waals surface area contributed by atoms with Crippen molar-refractivity contribution in [2.24, 2.45) is 17.8 Å². The van der Waals surface area contributed by atoms with Crippen LogP contribution in [-0.2, 0) is 30.4 Å². The fraction of sp³-hybridized carbons (Fsp3) is 0.536. The van der Waals surface area contributed by atoms with Crippen LogP contribution >= 0.6 is 0 Å². The molecule has 4 rings (SSSR count). The van der Waals surface area contributed by atoms with E-state index in [0.717, 1.165) is 5.56 Å². The summed E-state index contributed by atoms with van der Waals surface area (Å²) in [5.74, 6) is -2.88. The highest BCUT2D eigenvalue weighted by atomic mass is 16.6. The molecule has 0 saturated carbocycles. The van der Waals surface area contributed by atoms with Gasteiger partial charge < -0.3 is 24.4 Å². The minimum Gasteiger partial charge on any atom is -0.465 e. The molecule has 0 aromatic heterocycles. The highest BCUT2D eigenvalue weighted by Gasteiger charge is 2.80. The van der Waals surface area contributed by atoms with Gasteiger partial charge in [-0.05, 0) is 31.2 Å². The first-order valence-electron chi connectivity index (χ1n) is 12.6. The van der Waals surface area contributed by atoms with Crippen LogP contribution < -0.4 is 0 Å². The maximum absolute atomic E-state index is 14.2. The number of fused-ring (bicyclic) bond motifs is 1. The van der Waals surface area contributed by atoms with Crippen molar-refractivity contribution in [2.75, 3.05) is 26.3 Å². The number of hydrogen-bond donors (Lipinski definition) is 1. The number of likely N-dealkylation sites (tertiary alicyclic amines) is 1. The van der Waals surface area contributed by atoms with Gasteiger partial charge >= 0.3 is 5.97 Å². The molecular formula is C28H36N2O6. The van der Waals surface area contributed by atoms with Crippen LogP contribution in [0.3, 0.4) is 0 Å². The average molecular weight is 497 g/mol. The van der Waals surface area contributed by atoms with Gasteiger partial charge in [-0.1, -0.05) is 49.4 Å². The lowest BCUT2D eigenvalue weighted by molar-refractivity contribution is -0.162. The first-order chi connectivity index (χ1) is 17.2. The number of nitrogens with zero attached hydrogens (tertiary/aromatic N) is 2. The van der Waals surface area contributed by atoms with Crippen LogP contribution in [-0.4, -0.2) is 76.2 Å². The molecule has 1 aromatic carbocycles. The molecule has 6 atom stereocenters. The lowest BCUT2D eigenvalue weighted by atomic mass is 9.62. The van der Waals surface area contributed by atoms with Gasteiger partial charge in [0.15, 0.2) is 0 Å². The number of β-amino-alcohol motifs (C(OH)–C–C–N with tert-alkyl or cyclic N) is 1. The van der Waals surface area contributed by atoms with Crippen LogP contribution in [0.4, 0.5) is 0 Å². The topological polar surface area (TPSA) is 96.4 Å². The van der Waals surface area contributed by atoms with Gasteiger partial charge in [0.1, 0.15) is 17.6 Å². The monoisotopic (exact) mass is 496 g/mol. The summed E-state index contributed by atoms with van der Waals surface area (Å²) in [6, 6.07) is 8.64. The number of esters is 1. The molecule has 3 aliphatic rings.